The molecule has 1 amide bonds. The van der Waals surface area contributed by atoms with Gasteiger partial charge in [-0.15, -0.1) is 11.3 Å². The Kier molecular flexibility index (Phi) is 6.42. The summed E-state index contributed by atoms with van der Waals surface area (Å²) in [4.78, 5) is 31.4. The van der Waals surface area contributed by atoms with Crippen LogP contribution in [0, 0.1) is 5.92 Å². The van der Waals surface area contributed by atoms with Gasteiger partial charge in [0.05, 0.1) is 11.6 Å². The van der Waals surface area contributed by atoms with Crippen molar-refractivity contribution in [2.75, 3.05) is 13.1 Å². The van der Waals surface area contributed by atoms with E-state index in [9.17, 15) is 9.59 Å². The number of likely N-dealkylation sites (tertiary alicyclic amines) is 1. The molecule has 0 N–H and O–H groups in total. The molecule has 0 atom stereocenters. The summed E-state index contributed by atoms with van der Waals surface area (Å²) in [5.74, 6) is -0.363. The summed E-state index contributed by atoms with van der Waals surface area (Å²) in [6.45, 7) is 1.32. The molecule has 0 unspecified atom stereocenters. The average molecular weight is 491 g/mol. The fourth-order valence-corrected chi connectivity index (χ4v) is 5.03. The molecule has 0 radical (unpaired) electrons. The van der Waals surface area contributed by atoms with E-state index in [1.165, 1.54) is 0 Å². The fraction of sp³-hybridized carbons (Fsp3) is 0.286. The number of thiophene rings is 1. The zero-order chi connectivity index (χ0) is 20.2. The second kappa shape index (κ2) is 9.19. The number of carbonyl (C=O) groups excluding carboxylic acids is 2. The molecule has 5 nitrogen and oxygen atoms in total. The zero-order valence-electron chi connectivity index (χ0n) is 15.5. The van der Waals surface area contributed by atoms with Gasteiger partial charge in [0.25, 0.3) is 5.91 Å². The monoisotopic (exact) mass is 490 g/mol. The molecule has 0 spiro atoms. The molecular weight excluding hydrogens is 472 g/mol. The van der Waals surface area contributed by atoms with Crippen molar-refractivity contribution in [2.45, 2.75) is 19.4 Å². The Morgan fingerprint density at radius 2 is 1.90 bits per heavy atom. The summed E-state index contributed by atoms with van der Waals surface area (Å²) in [7, 11) is 0. The van der Waals surface area contributed by atoms with Crippen molar-refractivity contribution in [3.05, 3.63) is 62.2 Å². The second-order valence-electron chi connectivity index (χ2n) is 6.84. The first-order valence-corrected chi connectivity index (χ1v) is 11.9. The van der Waals surface area contributed by atoms with Crippen molar-refractivity contribution in [3.63, 3.8) is 0 Å². The number of benzene rings is 1. The van der Waals surface area contributed by atoms with Gasteiger partial charge in [-0.2, -0.15) is 11.3 Å². The van der Waals surface area contributed by atoms with E-state index in [-0.39, 0.29) is 24.4 Å². The third-order valence-electron chi connectivity index (χ3n) is 4.89. The molecule has 2 aromatic heterocycles. The van der Waals surface area contributed by atoms with Crippen molar-refractivity contribution < 1.29 is 14.3 Å². The molecule has 0 bridgehead atoms. The highest BCUT2D eigenvalue weighted by Gasteiger charge is 2.29. The molecular formula is C21H19BrN2O3S2. The highest BCUT2D eigenvalue weighted by molar-refractivity contribution is 9.10. The molecule has 1 fully saturated rings. The van der Waals surface area contributed by atoms with Crippen molar-refractivity contribution >= 4 is 50.5 Å². The molecule has 1 aromatic carbocycles. The van der Waals surface area contributed by atoms with E-state index in [1.807, 2.05) is 41.1 Å². The van der Waals surface area contributed by atoms with Crippen LogP contribution in [0.25, 0.3) is 10.6 Å². The number of rotatable bonds is 5. The van der Waals surface area contributed by atoms with Gasteiger partial charge in [-0.3, -0.25) is 9.59 Å². The van der Waals surface area contributed by atoms with Crippen LogP contribution >= 0.6 is 38.6 Å². The number of ether oxygens (including phenoxy) is 1. The average Bonchev–Trinajstić information content (AvgIpc) is 3.44. The van der Waals surface area contributed by atoms with Crippen LogP contribution in [0.1, 0.15) is 28.9 Å². The lowest BCUT2D eigenvalue weighted by Crippen LogP contribution is -2.40. The van der Waals surface area contributed by atoms with Crippen molar-refractivity contribution in [3.8, 4) is 10.6 Å². The number of hydrogen-bond acceptors (Lipinski definition) is 6. The highest BCUT2D eigenvalue weighted by atomic mass is 79.9. The molecule has 4 rings (SSSR count). The van der Waals surface area contributed by atoms with E-state index in [0.717, 1.165) is 20.7 Å². The lowest BCUT2D eigenvalue weighted by Gasteiger charge is -2.31. The lowest BCUT2D eigenvalue weighted by atomic mass is 9.96. The van der Waals surface area contributed by atoms with E-state index in [4.69, 9.17) is 4.74 Å². The van der Waals surface area contributed by atoms with Gasteiger partial charge in [-0.25, -0.2) is 4.98 Å². The SMILES string of the molecule is O=C(OCc1csc(-c2ccsc2)n1)C1CCN(C(=O)c2ccc(Br)cc2)CC1. The van der Waals surface area contributed by atoms with Crippen LogP contribution in [-0.2, 0) is 16.1 Å². The molecule has 8 heteroatoms. The first kappa shape index (κ1) is 20.3. The van der Waals surface area contributed by atoms with Crippen LogP contribution in [0.5, 0.6) is 0 Å². The van der Waals surface area contributed by atoms with Gasteiger partial charge in [0.2, 0.25) is 0 Å². The molecule has 29 heavy (non-hydrogen) atoms. The number of carbonyl (C=O) groups is 2. The third-order valence-corrected chi connectivity index (χ3v) is 7.04. The van der Waals surface area contributed by atoms with Crippen molar-refractivity contribution in [1.82, 2.24) is 9.88 Å². The quantitative estimate of drug-likeness (QED) is 0.459. The van der Waals surface area contributed by atoms with E-state index in [0.29, 0.717) is 31.5 Å². The van der Waals surface area contributed by atoms with Crippen LogP contribution in [-0.4, -0.2) is 34.8 Å². The minimum atomic E-state index is -0.203. The highest BCUT2D eigenvalue weighted by Crippen LogP contribution is 2.26. The number of thiazole rings is 1. The Morgan fingerprint density at radius 3 is 2.59 bits per heavy atom. The van der Waals surface area contributed by atoms with E-state index < -0.39 is 0 Å². The van der Waals surface area contributed by atoms with Crippen LogP contribution < -0.4 is 0 Å². The van der Waals surface area contributed by atoms with Gasteiger partial charge in [0, 0.05) is 39.4 Å². The van der Waals surface area contributed by atoms with Crippen LogP contribution in [0.15, 0.2) is 50.9 Å². The summed E-state index contributed by atoms with van der Waals surface area (Å²) >= 11 is 6.56. The van der Waals surface area contributed by atoms with Gasteiger partial charge >= 0.3 is 5.97 Å². The number of aromatic nitrogens is 1. The third kappa shape index (κ3) is 4.94. The van der Waals surface area contributed by atoms with Crippen LogP contribution in [0.2, 0.25) is 0 Å². The standard InChI is InChI=1S/C21H19BrN2O3S2/c22-17-3-1-14(2-4-17)20(25)24-8-5-15(6-9-24)21(26)27-11-18-13-29-19(23-18)16-7-10-28-12-16/h1-4,7,10,12-13,15H,5-6,8-9,11H2. The maximum absolute atomic E-state index is 12.6. The molecule has 1 saturated heterocycles. The Morgan fingerprint density at radius 1 is 1.14 bits per heavy atom. The Balaban J connectivity index is 1.26. The van der Waals surface area contributed by atoms with Gasteiger partial charge in [-0.1, -0.05) is 15.9 Å². The van der Waals surface area contributed by atoms with E-state index in [2.05, 4.69) is 26.3 Å². The van der Waals surface area contributed by atoms with Gasteiger partial charge < -0.3 is 9.64 Å². The largest absolute Gasteiger partial charge is 0.459 e. The summed E-state index contributed by atoms with van der Waals surface area (Å²) in [6, 6.07) is 9.37. The maximum atomic E-state index is 12.6. The fourth-order valence-electron chi connectivity index (χ4n) is 3.25. The topological polar surface area (TPSA) is 59.5 Å². The molecule has 1 aliphatic heterocycles. The number of esters is 1. The Bertz CT molecular complexity index is 978. The summed E-state index contributed by atoms with van der Waals surface area (Å²) < 4.78 is 6.43. The van der Waals surface area contributed by atoms with Crippen LogP contribution in [0.3, 0.4) is 0 Å². The van der Waals surface area contributed by atoms with Gasteiger partial charge in [0.15, 0.2) is 0 Å². The molecule has 0 aliphatic carbocycles. The number of halogens is 1. The second-order valence-corrected chi connectivity index (χ2v) is 9.39. The van der Waals surface area contributed by atoms with E-state index >= 15 is 0 Å². The zero-order valence-corrected chi connectivity index (χ0v) is 18.8. The predicted molar refractivity (Wildman–Crippen MR) is 118 cm³/mol. The van der Waals surface area contributed by atoms with Gasteiger partial charge in [-0.05, 0) is 48.6 Å². The molecule has 3 aromatic rings. The molecule has 150 valence electrons. The molecule has 0 saturated carbocycles. The smallest absolute Gasteiger partial charge is 0.309 e. The van der Waals surface area contributed by atoms with Gasteiger partial charge in [0.1, 0.15) is 11.6 Å². The lowest BCUT2D eigenvalue weighted by molar-refractivity contribution is -0.151. The van der Waals surface area contributed by atoms with Crippen molar-refractivity contribution in [2.24, 2.45) is 5.92 Å². The molecule has 1 aliphatic rings. The number of piperidine rings is 1. The van der Waals surface area contributed by atoms with Crippen molar-refractivity contribution in [1.29, 1.82) is 0 Å². The normalized spacial score (nSPS) is 14.7. The Labute approximate surface area is 185 Å². The summed E-state index contributed by atoms with van der Waals surface area (Å²) in [5, 5.41) is 6.94. The van der Waals surface area contributed by atoms with E-state index in [1.54, 1.807) is 27.6 Å². The first-order chi connectivity index (χ1) is 14.1. The van der Waals surface area contributed by atoms with Crippen LogP contribution in [0.4, 0.5) is 0 Å². The minimum Gasteiger partial charge on any atom is -0.459 e. The first-order valence-electron chi connectivity index (χ1n) is 9.28. The maximum Gasteiger partial charge on any atom is 0.309 e. The number of nitrogens with zero attached hydrogens (tertiary/aromatic N) is 2. The summed E-state index contributed by atoms with van der Waals surface area (Å²) in [5.41, 5.74) is 2.53. The number of hydrogen-bond donors (Lipinski definition) is 0. The number of amides is 1. The minimum absolute atomic E-state index is 0.00718. The summed E-state index contributed by atoms with van der Waals surface area (Å²) in [6.07, 6.45) is 1.25. The Hall–Kier alpha value is -2.03. The predicted octanol–water partition coefficient (Wildman–Crippen LogP) is 5.23. The molecule has 3 heterocycles.